The highest BCUT2D eigenvalue weighted by Gasteiger charge is 2.21. The predicted octanol–water partition coefficient (Wildman–Crippen LogP) is 0.452. The van der Waals surface area contributed by atoms with Crippen LogP contribution in [0.5, 0.6) is 0 Å². The largest absolute Gasteiger partial charge is 0.240 e. The van der Waals surface area contributed by atoms with E-state index in [1.807, 2.05) is 0 Å². The van der Waals surface area contributed by atoms with Gasteiger partial charge in [-0.3, -0.25) is 0 Å². The van der Waals surface area contributed by atoms with E-state index < -0.39 is 19.9 Å². The Morgan fingerprint density at radius 3 is 2.07 bits per heavy atom. The van der Waals surface area contributed by atoms with E-state index in [0.717, 1.165) is 12.3 Å². The fourth-order valence-corrected chi connectivity index (χ4v) is 4.30. The number of nitrogens with two attached hydrogens (primary N) is 1. The Balaban J connectivity index is 3.49. The molecule has 0 atom stereocenters. The molecule has 9 heteroatoms. The first-order valence-corrected chi connectivity index (χ1v) is 7.78. The maximum atomic E-state index is 11.0. The summed E-state index contributed by atoms with van der Waals surface area (Å²) in [5.74, 6) is 0. The van der Waals surface area contributed by atoms with Crippen molar-refractivity contribution in [3.05, 3.63) is 10.4 Å². The summed E-state index contributed by atoms with van der Waals surface area (Å²) in [4.78, 5) is -0.357. The van der Waals surface area contributed by atoms with Crippen molar-refractivity contribution in [1.82, 2.24) is 0 Å². The van der Waals surface area contributed by atoms with E-state index in [2.05, 4.69) is 0 Å². The first-order valence-electron chi connectivity index (χ1n) is 3.14. The van der Waals surface area contributed by atoms with Crippen LogP contribution in [0.15, 0.2) is 15.2 Å². The van der Waals surface area contributed by atoms with Crippen molar-refractivity contribution < 1.29 is 16.8 Å². The molecular formula is C5H6ClNO4S3. The molecule has 14 heavy (non-hydrogen) atoms. The maximum absolute atomic E-state index is 11.0. The lowest BCUT2D eigenvalue weighted by Gasteiger charge is -1.91. The average Bonchev–Trinajstić information content (AvgIpc) is 2.27. The van der Waals surface area contributed by atoms with Gasteiger partial charge in [-0.2, -0.15) is 0 Å². The SMILES string of the molecule is CS(=O)(=O)c1cc(S(N)(=O)=O)c(Cl)s1. The zero-order valence-corrected chi connectivity index (χ0v) is 10.1. The standard InChI is InChI=1S/C5H6ClNO4S3/c1-13(8,9)4-2-3(5(6)12-4)14(7,10)11/h2H,1H3,(H2,7,10,11). The summed E-state index contributed by atoms with van der Waals surface area (Å²) in [6.45, 7) is 0. The van der Waals surface area contributed by atoms with Crippen molar-refractivity contribution in [2.45, 2.75) is 9.10 Å². The number of thiophene rings is 1. The quantitative estimate of drug-likeness (QED) is 0.848. The molecule has 0 aliphatic heterocycles. The van der Waals surface area contributed by atoms with E-state index in [9.17, 15) is 16.8 Å². The summed E-state index contributed by atoms with van der Waals surface area (Å²) in [6, 6.07) is 0.956. The fraction of sp³-hybridized carbons (Fsp3) is 0.200. The van der Waals surface area contributed by atoms with Gasteiger partial charge in [-0.1, -0.05) is 11.6 Å². The van der Waals surface area contributed by atoms with E-state index in [1.54, 1.807) is 0 Å². The highest BCUT2D eigenvalue weighted by molar-refractivity contribution is 7.93. The third-order valence-corrected chi connectivity index (χ3v) is 5.64. The minimum atomic E-state index is -3.96. The van der Waals surface area contributed by atoms with Gasteiger partial charge >= 0.3 is 0 Å². The summed E-state index contributed by atoms with van der Waals surface area (Å²) >= 11 is 6.20. The normalized spacial score (nSPS) is 13.1. The zero-order chi connectivity index (χ0) is 11.1. The Kier molecular flexibility index (Phi) is 2.94. The number of hydrogen-bond acceptors (Lipinski definition) is 5. The summed E-state index contributed by atoms with van der Waals surface area (Å²) in [6.07, 6.45) is 0.960. The van der Waals surface area contributed by atoms with E-state index in [4.69, 9.17) is 16.7 Å². The number of primary sulfonamides is 1. The Morgan fingerprint density at radius 2 is 1.86 bits per heavy atom. The van der Waals surface area contributed by atoms with E-state index in [1.165, 1.54) is 0 Å². The van der Waals surface area contributed by atoms with Crippen LogP contribution in [-0.2, 0) is 19.9 Å². The molecule has 1 heterocycles. The lowest BCUT2D eigenvalue weighted by atomic mass is 10.7. The van der Waals surface area contributed by atoms with Gasteiger partial charge in [0.1, 0.15) is 13.4 Å². The molecule has 0 aliphatic rings. The minimum Gasteiger partial charge on any atom is -0.225 e. The second-order valence-electron chi connectivity index (χ2n) is 2.52. The minimum absolute atomic E-state index is 0.119. The van der Waals surface area contributed by atoms with Crippen molar-refractivity contribution >= 4 is 42.8 Å². The molecule has 0 fully saturated rings. The molecule has 0 radical (unpaired) electrons. The molecule has 0 aliphatic carbocycles. The van der Waals surface area contributed by atoms with Gasteiger partial charge < -0.3 is 0 Å². The molecule has 5 nitrogen and oxygen atoms in total. The summed E-state index contributed by atoms with van der Waals surface area (Å²) < 4.78 is 43.6. The monoisotopic (exact) mass is 275 g/mol. The van der Waals surface area contributed by atoms with Gasteiger partial charge in [0.05, 0.1) is 0 Å². The molecular weight excluding hydrogens is 270 g/mol. The highest BCUT2D eigenvalue weighted by atomic mass is 35.5. The van der Waals surface area contributed by atoms with Crippen LogP contribution in [-0.4, -0.2) is 23.1 Å². The second-order valence-corrected chi connectivity index (χ2v) is 7.95. The van der Waals surface area contributed by atoms with Crippen molar-refractivity contribution in [1.29, 1.82) is 0 Å². The third-order valence-electron chi connectivity index (χ3n) is 1.30. The molecule has 0 aromatic carbocycles. The number of halogens is 1. The molecule has 0 spiro atoms. The van der Waals surface area contributed by atoms with Crippen LogP contribution in [0.1, 0.15) is 0 Å². The summed E-state index contributed by atoms with van der Waals surface area (Å²) in [7, 11) is -7.41. The Morgan fingerprint density at radius 1 is 1.36 bits per heavy atom. The second kappa shape index (κ2) is 3.46. The van der Waals surface area contributed by atoms with Gasteiger partial charge in [0.15, 0.2) is 9.84 Å². The fourth-order valence-electron chi connectivity index (χ4n) is 0.709. The van der Waals surface area contributed by atoms with Gasteiger partial charge in [0, 0.05) is 6.26 Å². The van der Waals surface area contributed by atoms with Crippen LogP contribution < -0.4 is 5.14 Å². The molecule has 2 N–H and O–H groups in total. The van der Waals surface area contributed by atoms with Crippen molar-refractivity contribution in [3.8, 4) is 0 Å². The van der Waals surface area contributed by atoms with Crippen molar-refractivity contribution in [2.24, 2.45) is 5.14 Å². The van der Waals surface area contributed by atoms with Crippen LogP contribution >= 0.6 is 22.9 Å². The van der Waals surface area contributed by atoms with E-state index in [-0.39, 0.29) is 13.4 Å². The molecule has 0 amide bonds. The molecule has 80 valence electrons. The Bertz CT molecular complexity index is 556. The number of sulfonamides is 1. The summed E-state index contributed by atoms with van der Waals surface area (Å²) in [5, 5.41) is 4.81. The highest BCUT2D eigenvalue weighted by Crippen LogP contribution is 2.32. The van der Waals surface area contributed by atoms with Crippen LogP contribution in [0, 0.1) is 0 Å². The lowest BCUT2D eigenvalue weighted by Crippen LogP contribution is -2.11. The number of hydrogen-bond donors (Lipinski definition) is 1. The first kappa shape index (κ1) is 11.9. The molecule has 0 saturated carbocycles. The number of rotatable bonds is 2. The van der Waals surface area contributed by atoms with Crippen LogP contribution in [0.3, 0.4) is 0 Å². The third kappa shape index (κ3) is 2.45. The molecule has 1 rings (SSSR count). The number of sulfone groups is 1. The average molecular weight is 276 g/mol. The van der Waals surface area contributed by atoms with Gasteiger partial charge in [0.25, 0.3) is 0 Å². The molecule has 1 aromatic rings. The van der Waals surface area contributed by atoms with Crippen molar-refractivity contribution in [2.75, 3.05) is 6.26 Å². The Hall–Kier alpha value is -0.150. The van der Waals surface area contributed by atoms with Crippen LogP contribution in [0.4, 0.5) is 0 Å². The molecule has 0 saturated heterocycles. The van der Waals surface area contributed by atoms with Crippen LogP contribution in [0.2, 0.25) is 4.34 Å². The van der Waals surface area contributed by atoms with E-state index >= 15 is 0 Å². The molecule has 0 unspecified atom stereocenters. The first-order chi connectivity index (χ1) is 6.12. The molecule has 0 bridgehead atoms. The van der Waals surface area contributed by atoms with Gasteiger partial charge in [-0.15, -0.1) is 11.3 Å². The predicted molar refractivity (Wildman–Crippen MR) is 53.8 cm³/mol. The summed E-state index contributed by atoms with van der Waals surface area (Å²) in [5.41, 5.74) is 0. The topological polar surface area (TPSA) is 94.3 Å². The van der Waals surface area contributed by atoms with Crippen LogP contribution in [0.25, 0.3) is 0 Å². The molecule has 1 aromatic heterocycles. The van der Waals surface area contributed by atoms with E-state index in [0.29, 0.717) is 11.3 Å². The van der Waals surface area contributed by atoms with Gasteiger partial charge in [-0.25, -0.2) is 22.0 Å². The zero-order valence-electron chi connectivity index (χ0n) is 6.89. The van der Waals surface area contributed by atoms with Gasteiger partial charge in [0.2, 0.25) is 10.0 Å². The van der Waals surface area contributed by atoms with Gasteiger partial charge in [-0.05, 0) is 6.07 Å². The maximum Gasteiger partial charge on any atom is 0.240 e. The van der Waals surface area contributed by atoms with Crippen molar-refractivity contribution in [3.63, 3.8) is 0 Å². The lowest BCUT2D eigenvalue weighted by molar-refractivity contribution is 0.598. The Labute approximate surface area is 90.5 Å². The smallest absolute Gasteiger partial charge is 0.225 e.